The molecule has 1 atom stereocenters. The van der Waals surface area contributed by atoms with Crippen LogP contribution >= 0.6 is 12.4 Å². The second-order valence-electron chi connectivity index (χ2n) is 16.9. The van der Waals surface area contributed by atoms with Crippen LogP contribution in [0.15, 0.2) is 107 Å². The molecule has 3 aliphatic heterocycles. The van der Waals surface area contributed by atoms with Crippen LogP contribution in [0.3, 0.4) is 0 Å². The molecule has 4 aromatic rings. The van der Waals surface area contributed by atoms with Crippen LogP contribution < -0.4 is 29.9 Å². The molecule has 4 aromatic carbocycles. The molecule has 0 aliphatic carbocycles. The lowest BCUT2D eigenvalue weighted by Crippen LogP contribution is -2.58. The van der Waals surface area contributed by atoms with Gasteiger partial charge in [0.05, 0.1) is 16.3 Å². The molecule has 404 valence electrons. The first kappa shape index (κ1) is 59.0. The fraction of sp³-hybridized carbons (Fsp3) is 0.417. The van der Waals surface area contributed by atoms with Crippen molar-refractivity contribution in [2.24, 2.45) is 0 Å². The van der Waals surface area contributed by atoms with E-state index in [-0.39, 0.29) is 70.9 Å². The number of hydrogen-bond donors (Lipinski definition) is 3. The molecule has 1 unspecified atom stereocenters. The Morgan fingerprint density at radius 3 is 1.39 bits per heavy atom. The summed E-state index contributed by atoms with van der Waals surface area (Å²) in [5.74, 6) is 0.877. The summed E-state index contributed by atoms with van der Waals surface area (Å²) in [6, 6.07) is 20.2. The number of benzene rings is 4. The molecule has 3 heterocycles. The van der Waals surface area contributed by atoms with Crippen molar-refractivity contribution in [2.75, 3.05) is 45.9 Å². The van der Waals surface area contributed by atoms with Crippen LogP contribution in [0.25, 0.3) is 0 Å². The number of carbonyl (C=O) groups excluding carboxylic acids is 2. The lowest BCUT2D eigenvalue weighted by Gasteiger charge is -2.39. The maximum atomic E-state index is 13.9. The number of hydroxylamine groups is 2. The highest BCUT2D eigenvalue weighted by Gasteiger charge is 2.54. The number of ether oxygens (including phenoxy) is 5. The molecular weight excluding hydrogens is 1050 g/mol. The van der Waals surface area contributed by atoms with Crippen LogP contribution in [0.2, 0.25) is 0 Å². The number of rotatable bonds is 16. The Kier molecular flexibility index (Phi) is 20.0. The van der Waals surface area contributed by atoms with Crippen LogP contribution in [0.5, 0.6) is 34.5 Å². The van der Waals surface area contributed by atoms with Gasteiger partial charge in [-0.25, -0.2) is 32.6 Å². The second kappa shape index (κ2) is 25.1. The summed E-state index contributed by atoms with van der Waals surface area (Å²) in [7, 11) is -8.37. The van der Waals surface area contributed by atoms with Gasteiger partial charge in [-0.3, -0.25) is 19.7 Å². The Bertz CT molecular complexity index is 2750. The first-order valence-corrected chi connectivity index (χ1v) is 25.7. The highest BCUT2D eigenvalue weighted by molar-refractivity contribution is 7.94. The van der Waals surface area contributed by atoms with Crippen molar-refractivity contribution >= 4 is 43.9 Å². The van der Waals surface area contributed by atoms with Crippen LogP contribution in [-0.2, 0) is 38.8 Å². The Labute approximate surface area is 429 Å². The molecule has 0 aromatic heterocycles. The predicted octanol–water partition coefficient (Wildman–Crippen LogP) is 8.13. The standard InChI is InChI=1S/C27H29F3N2O7S.C21H23F3N2O6S.ClH/c1-2-16-32-17-14-26(15-18-32,25(33)31-39-24-5-3-4-19-36-24)40(34,35)23-12-10-21(11-13-23)37-20-6-8-22(9-7-20)38-27(28,29)30;1-2-26-13-11-20(12-14-26,19(27)25-28)33(29,30)18-9-7-16(8-10-18)31-15-3-5-17(6-4-15)32-21(22,23)24;/h1,6-13,24H,3-5,14-19H2,(H,31,33);3-10,28H,2,11-14H2,1H3,(H,25,27);1H. The number of hydrogen-bond acceptors (Lipinski definition) is 15. The molecule has 0 saturated carbocycles. The van der Waals surface area contributed by atoms with Gasteiger partial charge in [-0.05, 0) is 142 Å². The third kappa shape index (κ3) is 14.7. The van der Waals surface area contributed by atoms with Crippen molar-refractivity contribution in [2.45, 2.75) is 90.2 Å². The third-order valence-corrected chi connectivity index (χ3v) is 17.4. The van der Waals surface area contributed by atoms with E-state index in [1.165, 1.54) is 78.3 Å². The lowest BCUT2D eigenvalue weighted by molar-refractivity contribution is -0.275. The largest absolute Gasteiger partial charge is 0.573 e. The minimum atomic E-state index is -4.81. The number of nitrogens with one attached hydrogen (secondary N) is 2. The molecule has 0 radical (unpaired) electrons. The van der Waals surface area contributed by atoms with Crippen molar-refractivity contribution in [3.63, 3.8) is 0 Å². The number of sulfone groups is 2. The zero-order valence-electron chi connectivity index (χ0n) is 39.5. The maximum Gasteiger partial charge on any atom is 0.573 e. The Balaban J connectivity index is 0.000000275. The fourth-order valence-electron chi connectivity index (χ4n) is 8.30. The van der Waals surface area contributed by atoms with Crippen LogP contribution in [0.1, 0.15) is 51.9 Å². The van der Waals surface area contributed by atoms with Gasteiger partial charge in [-0.2, -0.15) is 0 Å². The van der Waals surface area contributed by atoms with Gasteiger partial charge < -0.3 is 28.6 Å². The van der Waals surface area contributed by atoms with Gasteiger partial charge in [0.15, 0.2) is 35.5 Å². The SMILES string of the molecule is C#CCN1CCC(C(=O)NOC2CCCCO2)(S(=O)(=O)c2ccc(Oc3ccc(OC(F)(F)F)cc3)cc2)CC1.CCN1CCC(C(=O)NO)(S(=O)(=O)c2ccc(Oc3ccc(OC(F)(F)F)cc3)cc2)CC1.Cl. The molecule has 26 heteroatoms. The molecule has 3 saturated heterocycles. The van der Waals surface area contributed by atoms with E-state index in [0.717, 1.165) is 37.1 Å². The van der Waals surface area contributed by atoms with Gasteiger partial charge in [0.1, 0.15) is 34.5 Å². The zero-order chi connectivity index (χ0) is 53.1. The average molecular weight is 1110 g/mol. The molecule has 0 spiro atoms. The first-order valence-electron chi connectivity index (χ1n) is 22.7. The maximum absolute atomic E-state index is 13.9. The number of carbonyl (C=O) groups is 2. The van der Waals surface area contributed by atoms with Crippen molar-refractivity contribution in [3.05, 3.63) is 97.1 Å². The van der Waals surface area contributed by atoms with E-state index in [1.54, 1.807) is 0 Å². The summed E-state index contributed by atoms with van der Waals surface area (Å²) in [4.78, 5) is 35.0. The number of halogens is 7. The number of alkyl halides is 6. The van der Waals surface area contributed by atoms with E-state index in [9.17, 15) is 58.0 Å². The molecule has 0 bridgehead atoms. The number of piperidine rings is 2. The second-order valence-corrected chi connectivity index (χ2v) is 21.4. The van der Waals surface area contributed by atoms with Crippen molar-refractivity contribution in [3.8, 4) is 46.8 Å². The van der Waals surface area contributed by atoms with Crippen LogP contribution in [0.4, 0.5) is 26.3 Å². The number of nitrogens with zero attached hydrogens (tertiary/aromatic N) is 2. The molecular formula is C48H53ClF6N4O13S2. The zero-order valence-corrected chi connectivity index (χ0v) is 42.0. The van der Waals surface area contributed by atoms with E-state index < -0.39 is 71.5 Å². The molecule has 2 amide bonds. The highest BCUT2D eigenvalue weighted by atomic mass is 35.5. The molecule has 3 N–H and O–H groups in total. The monoisotopic (exact) mass is 1110 g/mol. The van der Waals surface area contributed by atoms with Crippen molar-refractivity contribution < 1.29 is 86.5 Å². The predicted molar refractivity (Wildman–Crippen MR) is 255 cm³/mol. The van der Waals surface area contributed by atoms with Gasteiger partial charge in [-0.15, -0.1) is 45.2 Å². The molecule has 3 aliphatic rings. The van der Waals surface area contributed by atoms with Gasteiger partial charge >= 0.3 is 12.7 Å². The van der Waals surface area contributed by atoms with Gasteiger partial charge in [-0.1, -0.05) is 12.8 Å². The number of likely N-dealkylation sites (tertiary alicyclic amines) is 2. The Hall–Kier alpha value is -5.85. The van der Waals surface area contributed by atoms with Crippen LogP contribution in [-0.4, -0.2) is 118 Å². The minimum absolute atomic E-state index is 0. The average Bonchev–Trinajstić information content (AvgIpc) is 3.37. The molecule has 74 heavy (non-hydrogen) atoms. The summed E-state index contributed by atoms with van der Waals surface area (Å²) in [6.45, 7) is 4.84. The van der Waals surface area contributed by atoms with E-state index in [4.69, 9.17) is 25.5 Å². The lowest BCUT2D eigenvalue weighted by atomic mass is 9.95. The first-order chi connectivity index (χ1) is 34.5. The third-order valence-electron chi connectivity index (χ3n) is 12.3. The Morgan fingerprint density at radius 1 is 0.662 bits per heavy atom. The Morgan fingerprint density at radius 2 is 1.04 bits per heavy atom. The normalized spacial score (nSPS) is 18.2. The summed E-state index contributed by atoms with van der Waals surface area (Å²) in [6.07, 6.45) is -2.47. The van der Waals surface area contributed by atoms with E-state index >= 15 is 0 Å². The number of terminal acetylenes is 1. The molecule has 17 nitrogen and oxygen atoms in total. The number of amides is 2. The van der Waals surface area contributed by atoms with Gasteiger partial charge in [0.2, 0.25) is 0 Å². The fourth-order valence-corrected chi connectivity index (χ4v) is 12.2. The summed E-state index contributed by atoms with van der Waals surface area (Å²) in [5.41, 5.74) is 3.85. The summed E-state index contributed by atoms with van der Waals surface area (Å²) in [5, 5.41) is 9.21. The highest BCUT2D eigenvalue weighted by Crippen LogP contribution is 2.39. The topological polar surface area (TPSA) is 209 Å². The van der Waals surface area contributed by atoms with Gasteiger partial charge in [0.25, 0.3) is 11.8 Å². The minimum Gasteiger partial charge on any atom is -0.457 e. The van der Waals surface area contributed by atoms with E-state index in [1.807, 2.05) is 16.7 Å². The van der Waals surface area contributed by atoms with Crippen molar-refractivity contribution in [1.29, 1.82) is 0 Å². The van der Waals surface area contributed by atoms with E-state index in [2.05, 4.69) is 20.9 Å². The van der Waals surface area contributed by atoms with Gasteiger partial charge in [0, 0.05) is 39.2 Å². The molecule has 3 fully saturated rings. The summed E-state index contributed by atoms with van der Waals surface area (Å²) < 4.78 is 149. The van der Waals surface area contributed by atoms with Crippen molar-refractivity contribution in [1.82, 2.24) is 20.8 Å². The smallest absolute Gasteiger partial charge is 0.457 e. The van der Waals surface area contributed by atoms with E-state index in [0.29, 0.717) is 52.3 Å². The quantitative estimate of drug-likeness (QED) is 0.0419. The molecule has 7 rings (SSSR count). The van der Waals surface area contributed by atoms with Crippen LogP contribution in [0, 0.1) is 12.3 Å². The summed E-state index contributed by atoms with van der Waals surface area (Å²) >= 11 is 0.